The second-order valence-electron chi connectivity index (χ2n) is 10.6. The molecule has 1 unspecified atom stereocenters. The number of aromatic nitrogens is 5. The van der Waals surface area contributed by atoms with Gasteiger partial charge in [0.1, 0.15) is 29.2 Å². The van der Waals surface area contributed by atoms with Crippen LogP contribution in [0.5, 0.6) is 5.75 Å². The van der Waals surface area contributed by atoms with E-state index in [1.807, 2.05) is 24.1 Å². The molecule has 4 heterocycles. The van der Waals surface area contributed by atoms with Crippen LogP contribution < -0.4 is 15.2 Å². The molecule has 0 aliphatic carbocycles. The summed E-state index contributed by atoms with van der Waals surface area (Å²) in [5.41, 5.74) is 11.1. The molecule has 1 aliphatic rings. The van der Waals surface area contributed by atoms with Crippen molar-refractivity contribution < 1.29 is 27.4 Å². The fraction of sp³-hybridized carbons (Fsp3) is 0.323. The van der Waals surface area contributed by atoms with Gasteiger partial charge in [0.2, 0.25) is 0 Å². The van der Waals surface area contributed by atoms with E-state index < -0.39 is 17.7 Å². The van der Waals surface area contributed by atoms with Crippen molar-refractivity contribution in [3.8, 4) is 28.1 Å². The number of nitrogen functional groups attached to an aromatic ring is 1. The highest BCUT2D eigenvalue weighted by Gasteiger charge is 2.23. The second-order valence-corrected chi connectivity index (χ2v) is 11.4. The van der Waals surface area contributed by atoms with Gasteiger partial charge < -0.3 is 24.7 Å². The SMILES string of the molecule is COCC(Oc1cc(-c2nn(C)c3c(-c4cnn(C5CCOCC5)c4)cnc(N)c23)ccc1NSC(F)F)c1ccc(F)cc1. The molecule has 1 fully saturated rings. The summed E-state index contributed by atoms with van der Waals surface area (Å²) >= 11 is 0.250. The molecule has 0 bridgehead atoms. The molecule has 1 aliphatic heterocycles. The first kappa shape index (κ1) is 30.7. The second kappa shape index (κ2) is 13.4. The average molecular weight is 640 g/mol. The van der Waals surface area contributed by atoms with Gasteiger partial charge in [-0.3, -0.25) is 9.36 Å². The number of hydrogen-bond acceptors (Lipinski definition) is 9. The van der Waals surface area contributed by atoms with Gasteiger partial charge in [0, 0.05) is 68.4 Å². The van der Waals surface area contributed by atoms with Crippen LogP contribution in [0.3, 0.4) is 0 Å². The third kappa shape index (κ3) is 6.58. The van der Waals surface area contributed by atoms with Crippen molar-refractivity contribution >= 4 is 34.4 Å². The highest BCUT2D eigenvalue weighted by atomic mass is 32.2. The summed E-state index contributed by atoms with van der Waals surface area (Å²) in [6.45, 7) is 1.54. The van der Waals surface area contributed by atoms with E-state index in [1.165, 1.54) is 19.2 Å². The lowest BCUT2D eigenvalue weighted by Crippen LogP contribution is -2.19. The summed E-state index contributed by atoms with van der Waals surface area (Å²) in [6.07, 6.45) is 6.67. The van der Waals surface area contributed by atoms with Gasteiger partial charge in [-0.2, -0.15) is 19.0 Å². The maximum Gasteiger partial charge on any atom is 0.302 e. The third-order valence-electron chi connectivity index (χ3n) is 7.71. The van der Waals surface area contributed by atoms with Crippen LogP contribution in [0.4, 0.5) is 24.7 Å². The van der Waals surface area contributed by atoms with Crippen molar-refractivity contribution in [2.75, 3.05) is 37.4 Å². The Labute approximate surface area is 261 Å². The molecule has 0 amide bonds. The van der Waals surface area contributed by atoms with E-state index >= 15 is 0 Å². The molecule has 236 valence electrons. The molecule has 14 heteroatoms. The Bertz CT molecular complexity index is 1770. The van der Waals surface area contributed by atoms with Crippen LogP contribution in [0, 0.1) is 5.82 Å². The Kier molecular flexibility index (Phi) is 9.14. The maximum atomic E-state index is 13.6. The molecule has 10 nitrogen and oxygen atoms in total. The van der Waals surface area contributed by atoms with Gasteiger partial charge in [0.15, 0.2) is 0 Å². The number of aryl methyl sites for hydroxylation is 1. The number of nitrogens with zero attached hydrogens (tertiary/aromatic N) is 5. The predicted octanol–water partition coefficient (Wildman–Crippen LogP) is 6.62. The van der Waals surface area contributed by atoms with E-state index in [-0.39, 0.29) is 36.2 Å². The first-order valence-electron chi connectivity index (χ1n) is 14.3. The molecule has 3 aromatic heterocycles. The molecule has 45 heavy (non-hydrogen) atoms. The van der Waals surface area contributed by atoms with Crippen LogP contribution in [0.1, 0.15) is 30.6 Å². The molecule has 5 aromatic rings. The Morgan fingerprint density at radius 1 is 1.11 bits per heavy atom. The first-order valence-corrected chi connectivity index (χ1v) is 15.2. The van der Waals surface area contributed by atoms with Gasteiger partial charge in [0.25, 0.3) is 0 Å². The number of methoxy groups -OCH3 is 1. The number of pyridine rings is 1. The number of benzene rings is 2. The summed E-state index contributed by atoms with van der Waals surface area (Å²) in [5, 5.41) is 10.1. The van der Waals surface area contributed by atoms with E-state index in [1.54, 1.807) is 41.2 Å². The number of nitrogens with two attached hydrogens (primary N) is 1. The van der Waals surface area contributed by atoms with Crippen molar-refractivity contribution in [1.82, 2.24) is 24.5 Å². The molecule has 6 rings (SSSR count). The van der Waals surface area contributed by atoms with Gasteiger partial charge in [-0.05, 0) is 42.7 Å². The van der Waals surface area contributed by atoms with Crippen LogP contribution in [-0.2, 0) is 16.5 Å². The van der Waals surface area contributed by atoms with E-state index in [0.717, 1.165) is 29.5 Å². The van der Waals surface area contributed by atoms with Crippen LogP contribution >= 0.6 is 11.9 Å². The van der Waals surface area contributed by atoms with Crippen LogP contribution in [0.15, 0.2) is 61.1 Å². The van der Waals surface area contributed by atoms with Crippen molar-refractivity contribution in [1.29, 1.82) is 0 Å². The Morgan fingerprint density at radius 2 is 1.89 bits per heavy atom. The maximum absolute atomic E-state index is 13.6. The largest absolute Gasteiger partial charge is 0.481 e. The van der Waals surface area contributed by atoms with Crippen LogP contribution in [0.2, 0.25) is 0 Å². The third-order valence-corrected chi connectivity index (χ3v) is 8.23. The quantitative estimate of drug-likeness (QED) is 0.154. The Hall–Kier alpha value is -4.27. The lowest BCUT2D eigenvalue weighted by molar-refractivity contribution is 0.0662. The zero-order valence-corrected chi connectivity index (χ0v) is 25.4. The number of hydrogen-bond donors (Lipinski definition) is 2. The number of fused-ring (bicyclic) bond motifs is 1. The minimum atomic E-state index is -2.66. The molecular formula is C31H32F3N7O3S. The smallest absolute Gasteiger partial charge is 0.302 e. The normalized spacial score (nSPS) is 14.7. The van der Waals surface area contributed by atoms with Crippen molar-refractivity contribution in [2.45, 2.75) is 30.7 Å². The van der Waals surface area contributed by atoms with Gasteiger partial charge in [-0.15, -0.1) is 0 Å². The van der Waals surface area contributed by atoms with Crippen molar-refractivity contribution in [3.05, 3.63) is 72.4 Å². The van der Waals surface area contributed by atoms with Crippen molar-refractivity contribution in [3.63, 3.8) is 0 Å². The first-order chi connectivity index (χ1) is 21.8. The van der Waals surface area contributed by atoms with E-state index in [2.05, 4.69) is 14.8 Å². The van der Waals surface area contributed by atoms with E-state index in [0.29, 0.717) is 41.1 Å². The van der Waals surface area contributed by atoms with Crippen LogP contribution in [-0.4, -0.2) is 57.2 Å². The molecule has 3 N–H and O–H groups in total. The van der Waals surface area contributed by atoms with Gasteiger partial charge in [-0.1, -0.05) is 18.2 Å². The summed E-state index contributed by atoms with van der Waals surface area (Å²) in [4.78, 5) is 4.50. The highest BCUT2D eigenvalue weighted by Crippen LogP contribution is 2.41. The fourth-order valence-corrected chi connectivity index (χ4v) is 5.90. The fourth-order valence-electron chi connectivity index (χ4n) is 5.52. The number of nitrogens with one attached hydrogen (secondary N) is 1. The molecule has 0 saturated carbocycles. The minimum absolute atomic E-state index is 0.131. The van der Waals surface area contributed by atoms with E-state index in [4.69, 9.17) is 25.0 Å². The summed E-state index contributed by atoms with van der Waals surface area (Å²) in [6, 6.07) is 11.2. The Morgan fingerprint density at radius 3 is 2.62 bits per heavy atom. The lowest BCUT2D eigenvalue weighted by Gasteiger charge is -2.22. The molecule has 0 spiro atoms. The zero-order chi connectivity index (χ0) is 31.5. The number of anilines is 2. The summed E-state index contributed by atoms with van der Waals surface area (Å²) in [7, 11) is 3.34. The highest BCUT2D eigenvalue weighted by molar-refractivity contribution is 8.00. The number of halogens is 3. The summed E-state index contributed by atoms with van der Waals surface area (Å²) < 4.78 is 63.5. The Balaban J connectivity index is 1.41. The molecule has 0 radical (unpaired) electrons. The number of ether oxygens (including phenoxy) is 3. The van der Waals surface area contributed by atoms with Crippen LogP contribution in [0.25, 0.3) is 33.3 Å². The van der Waals surface area contributed by atoms with Crippen molar-refractivity contribution in [2.24, 2.45) is 7.05 Å². The number of alkyl halides is 2. The molecule has 1 atom stereocenters. The molecule has 2 aromatic carbocycles. The van der Waals surface area contributed by atoms with Gasteiger partial charge >= 0.3 is 5.76 Å². The molecule has 1 saturated heterocycles. The summed E-state index contributed by atoms with van der Waals surface area (Å²) in [5.74, 6) is -2.50. The minimum Gasteiger partial charge on any atom is -0.481 e. The molecular weight excluding hydrogens is 607 g/mol. The monoisotopic (exact) mass is 639 g/mol. The lowest BCUT2D eigenvalue weighted by atomic mass is 10.0. The zero-order valence-electron chi connectivity index (χ0n) is 24.6. The average Bonchev–Trinajstić information content (AvgIpc) is 3.67. The van der Waals surface area contributed by atoms with Gasteiger partial charge in [0.05, 0.1) is 35.4 Å². The van der Waals surface area contributed by atoms with Gasteiger partial charge in [-0.25, -0.2) is 9.37 Å². The van der Waals surface area contributed by atoms with E-state index in [9.17, 15) is 13.2 Å². The number of rotatable bonds is 11. The standard InChI is InChI=1S/C31H32F3N7O3S/c1-40-29-23(20-14-37-41(16-20)22-9-11-43-12-10-22)15-36-30(35)27(29)28(38-40)19-5-8-24(39-45-31(33)34)25(13-19)44-26(17-42-2)18-3-6-21(32)7-4-18/h3-8,13-16,22,26,31,39H,9-12,17H2,1-2H3,(H2,35,36). The predicted molar refractivity (Wildman–Crippen MR) is 168 cm³/mol. The topological polar surface area (TPSA) is 114 Å².